The standard InChI is InChI=1S/C16H21N3O3/c1-22-8-2-7-19-16(21)15(9-17)11-18-10-13-3-5-14(12-20)6-4-13/h3-6,11,18,20H,2,7-8,10,12H2,1H3,(H,19,21)/b15-11-. The number of rotatable bonds is 9. The fraction of sp³-hybridized carbons (Fsp3) is 0.375. The summed E-state index contributed by atoms with van der Waals surface area (Å²) >= 11 is 0. The molecule has 0 unspecified atom stereocenters. The van der Waals surface area contributed by atoms with Crippen LogP contribution in [0.5, 0.6) is 0 Å². The van der Waals surface area contributed by atoms with E-state index in [1.165, 1.54) is 6.20 Å². The van der Waals surface area contributed by atoms with Crippen molar-refractivity contribution in [1.29, 1.82) is 5.26 Å². The van der Waals surface area contributed by atoms with E-state index in [1.807, 2.05) is 30.3 Å². The summed E-state index contributed by atoms with van der Waals surface area (Å²) in [4.78, 5) is 11.8. The second-order valence-corrected chi connectivity index (χ2v) is 4.63. The second-order valence-electron chi connectivity index (χ2n) is 4.63. The molecule has 1 amide bonds. The number of aliphatic hydroxyl groups is 1. The first-order valence-corrected chi connectivity index (χ1v) is 7.00. The summed E-state index contributed by atoms with van der Waals surface area (Å²) in [7, 11) is 1.60. The van der Waals surface area contributed by atoms with E-state index in [4.69, 9.17) is 15.1 Å². The molecule has 0 bridgehead atoms. The molecule has 0 heterocycles. The summed E-state index contributed by atoms with van der Waals surface area (Å²) in [6.07, 6.45) is 2.11. The molecule has 6 heteroatoms. The van der Waals surface area contributed by atoms with Gasteiger partial charge in [0.2, 0.25) is 0 Å². The van der Waals surface area contributed by atoms with Gasteiger partial charge in [0.1, 0.15) is 11.6 Å². The first kappa shape index (κ1) is 17.7. The fourth-order valence-electron chi connectivity index (χ4n) is 1.70. The lowest BCUT2D eigenvalue weighted by atomic mass is 10.1. The normalized spacial score (nSPS) is 10.9. The molecule has 3 N–H and O–H groups in total. The quantitative estimate of drug-likeness (QED) is 0.357. The van der Waals surface area contributed by atoms with Crippen molar-refractivity contribution in [1.82, 2.24) is 10.6 Å². The van der Waals surface area contributed by atoms with Crippen LogP contribution in [0.3, 0.4) is 0 Å². The monoisotopic (exact) mass is 303 g/mol. The van der Waals surface area contributed by atoms with Crippen LogP contribution in [-0.2, 0) is 22.7 Å². The summed E-state index contributed by atoms with van der Waals surface area (Å²) in [6.45, 7) is 1.53. The maximum absolute atomic E-state index is 11.8. The van der Waals surface area contributed by atoms with Crippen molar-refractivity contribution in [2.75, 3.05) is 20.3 Å². The first-order chi connectivity index (χ1) is 10.7. The molecular weight excluding hydrogens is 282 g/mol. The number of ether oxygens (including phenoxy) is 1. The van der Waals surface area contributed by atoms with Crippen molar-refractivity contribution in [3.63, 3.8) is 0 Å². The summed E-state index contributed by atoms with van der Waals surface area (Å²) in [5, 5.41) is 23.5. The van der Waals surface area contributed by atoms with Crippen molar-refractivity contribution in [2.45, 2.75) is 19.6 Å². The summed E-state index contributed by atoms with van der Waals surface area (Å²) in [5.74, 6) is -0.401. The molecule has 6 nitrogen and oxygen atoms in total. The van der Waals surface area contributed by atoms with Gasteiger partial charge in [0.15, 0.2) is 0 Å². The fourth-order valence-corrected chi connectivity index (χ4v) is 1.70. The molecule has 22 heavy (non-hydrogen) atoms. The van der Waals surface area contributed by atoms with Gasteiger partial charge < -0.3 is 20.5 Å². The third-order valence-corrected chi connectivity index (χ3v) is 2.93. The molecule has 0 aliphatic carbocycles. The first-order valence-electron chi connectivity index (χ1n) is 7.00. The van der Waals surface area contributed by atoms with Crippen LogP contribution in [0.4, 0.5) is 0 Å². The van der Waals surface area contributed by atoms with Crippen LogP contribution in [0, 0.1) is 11.3 Å². The van der Waals surface area contributed by atoms with E-state index in [9.17, 15) is 4.79 Å². The van der Waals surface area contributed by atoms with E-state index < -0.39 is 5.91 Å². The average Bonchev–Trinajstić information content (AvgIpc) is 2.56. The lowest BCUT2D eigenvalue weighted by Crippen LogP contribution is -2.27. The molecule has 0 aliphatic heterocycles. The average molecular weight is 303 g/mol. The highest BCUT2D eigenvalue weighted by Gasteiger charge is 2.07. The van der Waals surface area contributed by atoms with Crippen LogP contribution in [0.15, 0.2) is 36.0 Å². The molecular formula is C16H21N3O3. The van der Waals surface area contributed by atoms with Crippen LogP contribution in [0.25, 0.3) is 0 Å². The molecule has 0 radical (unpaired) electrons. The highest BCUT2D eigenvalue weighted by atomic mass is 16.5. The zero-order chi connectivity index (χ0) is 16.2. The topological polar surface area (TPSA) is 94.4 Å². The number of aliphatic hydroxyl groups excluding tert-OH is 1. The van der Waals surface area contributed by atoms with Crippen LogP contribution < -0.4 is 10.6 Å². The van der Waals surface area contributed by atoms with Crippen LogP contribution in [0.1, 0.15) is 17.5 Å². The lowest BCUT2D eigenvalue weighted by molar-refractivity contribution is -0.117. The number of nitrogens with zero attached hydrogens (tertiary/aromatic N) is 1. The van der Waals surface area contributed by atoms with Gasteiger partial charge in [-0.25, -0.2) is 0 Å². The van der Waals surface area contributed by atoms with Gasteiger partial charge in [0, 0.05) is 33.0 Å². The smallest absolute Gasteiger partial charge is 0.263 e. The number of carbonyl (C=O) groups is 1. The number of nitriles is 1. The maximum Gasteiger partial charge on any atom is 0.263 e. The number of amides is 1. The summed E-state index contributed by atoms with van der Waals surface area (Å²) < 4.78 is 4.88. The van der Waals surface area contributed by atoms with E-state index >= 15 is 0 Å². The third kappa shape index (κ3) is 6.39. The SMILES string of the molecule is COCCCNC(=O)/C(C#N)=C\NCc1ccc(CO)cc1. The number of benzene rings is 1. The molecule has 0 fully saturated rings. The predicted molar refractivity (Wildman–Crippen MR) is 82.4 cm³/mol. The Hall–Kier alpha value is -2.36. The van der Waals surface area contributed by atoms with Crippen molar-refractivity contribution < 1.29 is 14.6 Å². The third-order valence-electron chi connectivity index (χ3n) is 2.93. The van der Waals surface area contributed by atoms with Crippen molar-refractivity contribution in [2.24, 2.45) is 0 Å². The van der Waals surface area contributed by atoms with Gasteiger partial charge in [-0.2, -0.15) is 5.26 Å². The molecule has 0 saturated carbocycles. The number of hydrogen-bond donors (Lipinski definition) is 3. The Balaban J connectivity index is 2.43. The molecule has 1 aromatic rings. The predicted octanol–water partition coefficient (Wildman–Crippen LogP) is 0.829. The number of nitrogens with one attached hydrogen (secondary N) is 2. The van der Waals surface area contributed by atoms with E-state index in [0.717, 1.165) is 11.1 Å². The highest BCUT2D eigenvalue weighted by Crippen LogP contribution is 2.04. The summed E-state index contributed by atoms with van der Waals surface area (Å²) in [6, 6.07) is 9.28. The Labute approximate surface area is 130 Å². The molecule has 0 aromatic heterocycles. The lowest BCUT2D eigenvalue weighted by Gasteiger charge is -2.05. The van der Waals surface area contributed by atoms with Gasteiger partial charge >= 0.3 is 0 Å². The van der Waals surface area contributed by atoms with Crippen molar-refractivity contribution in [3.8, 4) is 6.07 Å². The number of carbonyl (C=O) groups excluding carboxylic acids is 1. The largest absolute Gasteiger partial charge is 0.392 e. The Bertz CT molecular complexity index is 533. The minimum Gasteiger partial charge on any atom is -0.392 e. The van der Waals surface area contributed by atoms with Gasteiger partial charge in [0.25, 0.3) is 5.91 Å². The Morgan fingerprint density at radius 1 is 1.36 bits per heavy atom. The minimum absolute atomic E-state index is 0.00936. The van der Waals surface area contributed by atoms with Crippen LogP contribution in [0.2, 0.25) is 0 Å². The van der Waals surface area contributed by atoms with E-state index in [-0.39, 0.29) is 12.2 Å². The molecule has 0 spiro atoms. The highest BCUT2D eigenvalue weighted by molar-refractivity contribution is 5.97. The number of methoxy groups -OCH3 is 1. The van der Waals surface area contributed by atoms with Gasteiger partial charge in [-0.15, -0.1) is 0 Å². The van der Waals surface area contributed by atoms with Crippen LogP contribution >= 0.6 is 0 Å². The molecule has 0 saturated heterocycles. The molecule has 1 rings (SSSR count). The summed E-state index contributed by atoms with van der Waals surface area (Å²) in [5.41, 5.74) is 1.86. The van der Waals surface area contributed by atoms with E-state index in [0.29, 0.717) is 26.1 Å². The van der Waals surface area contributed by atoms with Gasteiger partial charge in [-0.05, 0) is 17.5 Å². The van der Waals surface area contributed by atoms with E-state index in [2.05, 4.69) is 10.6 Å². The molecule has 0 atom stereocenters. The Morgan fingerprint density at radius 2 is 2.05 bits per heavy atom. The van der Waals surface area contributed by atoms with E-state index in [1.54, 1.807) is 7.11 Å². The van der Waals surface area contributed by atoms with Crippen molar-refractivity contribution in [3.05, 3.63) is 47.2 Å². The molecule has 1 aromatic carbocycles. The Kier molecular flexibility index (Phi) is 8.35. The minimum atomic E-state index is -0.401. The second kappa shape index (κ2) is 10.4. The molecule has 118 valence electrons. The van der Waals surface area contributed by atoms with Crippen LogP contribution in [-0.4, -0.2) is 31.3 Å². The zero-order valence-corrected chi connectivity index (χ0v) is 12.6. The van der Waals surface area contributed by atoms with Crippen molar-refractivity contribution >= 4 is 5.91 Å². The van der Waals surface area contributed by atoms with Gasteiger partial charge in [-0.1, -0.05) is 24.3 Å². The maximum atomic E-state index is 11.8. The zero-order valence-electron chi connectivity index (χ0n) is 12.6. The molecule has 0 aliphatic rings. The Morgan fingerprint density at radius 3 is 2.64 bits per heavy atom. The van der Waals surface area contributed by atoms with Gasteiger partial charge in [-0.3, -0.25) is 4.79 Å². The number of hydrogen-bond acceptors (Lipinski definition) is 5. The van der Waals surface area contributed by atoms with Gasteiger partial charge in [0.05, 0.1) is 6.61 Å².